The molecule has 1 atom stereocenters. The highest BCUT2D eigenvalue weighted by molar-refractivity contribution is 6.31. The molecule has 2 aromatic carbocycles. The van der Waals surface area contributed by atoms with E-state index in [0.717, 1.165) is 12.8 Å². The average molecular weight is 479 g/mol. The van der Waals surface area contributed by atoms with E-state index in [0.29, 0.717) is 40.8 Å². The van der Waals surface area contributed by atoms with Crippen LogP contribution in [-0.4, -0.2) is 32.7 Å². The number of halogens is 2. The van der Waals surface area contributed by atoms with Crippen molar-refractivity contribution in [2.45, 2.75) is 32.0 Å². The number of carbonyl (C=O) groups is 2. The molecule has 1 aromatic heterocycles. The number of anilines is 1. The summed E-state index contributed by atoms with van der Waals surface area (Å²) in [4.78, 5) is 30.8. The van der Waals surface area contributed by atoms with Crippen molar-refractivity contribution in [3.05, 3.63) is 76.0 Å². The second kappa shape index (κ2) is 8.47. The Labute approximate surface area is 199 Å². The van der Waals surface area contributed by atoms with Crippen molar-refractivity contribution in [2.24, 2.45) is 11.7 Å². The van der Waals surface area contributed by atoms with Crippen LogP contribution >= 0.6 is 11.6 Å². The summed E-state index contributed by atoms with van der Waals surface area (Å²) in [6.07, 6.45) is 2.02. The van der Waals surface area contributed by atoms with Crippen LogP contribution in [0.2, 0.25) is 5.02 Å². The maximum absolute atomic E-state index is 13.7. The lowest BCUT2D eigenvalue weighted by Crippen LogP contribution is -2.49. The second-order valence-electron chi connectivity index (χ2n) is 8.47. The van der Waals surface area contributed by atoms with Crippen LogP contribution in [0, 0.1) is 18.3 Å². The maximum Gasteiger partial charge on any atom is 0.322 e. The van der Waals surface area contributed by atoms with Crippen LogP contribution in [0.4, 0.5) is 20.6 Å². The number of primary amides is 1. The van der Waals surface area contributed by atoms with E-state index >= 15 is 0 Å². The first-order chi connectivity index (χ1) is 16.4. The van der Waals surface area contributed by atoms with Gasteiger partial charge < -0.3 is 16.0 Å². The standard InChI is InChI=1S/C24H20ClFN6O2/c1-28-15-5-7-16(8-6-15)29-24(34)31-11-20-21(23(27)33)22(14-4-9-18(26)17(25)10-14)30-32(20)12-19(31)13-2-3-13/h4-10,13,19H,2-3,11-12H2,(H2,27,33)(H,29,34). The summed E-state index contributed by atoms with van der Waals surface area (Å²) in [5, 5.41) is 7.42. The number of urea groups is 1. The van der Waals surface area contributed by atoms with Crippen LogP contribution in [0.1, 0.15) is 28.9 Å². The molecule has 0 spiro atoms. The minimum absolute atomic E-state index is 0.0833. The van der Waals surface area contributed by atoms with Crippen LogP contribution < -0.4 is 11.1 Å². The number of nitrogens with two attached hydrogens (primary N) is 1. The van der Waals surface area contributed by atoms with Crippen LogP contribution in [0.15, 0.2) is 42.5 Å². The number of nitrogens with one attached hydrogen (secondary N) is 1. The molecule has 3 N–H and O–H groups in total. The molecule has 1 saturated carbocycles. The molecule has 1 aliphatic carbocycles. The largest absolute Gasteiger partial charge is 0.365 e. The topological polar surface area (TPSA) is 97.6 Å². The van der Waals surface area contributed by atoms with Crippen molar-refractivity contribution in [1.82, 2.24) is 14.7 Å². The summed E-state index contributed by atoms with van der Waals surface area (Å²) in [6, 6.07) is 10.3. The fourth-order valence-corrected chi connectivity index (χ4v) is 4.57. The highest BCUT2D eigenvalue weighted by atomic mass is 35.5. The zero-order valence-corrected chi connectivity index (χ0v) is 18.7. The summed E-state index contributed by atoms with van der Waals surface area (Å²) < 4.78 is 15.4. The number of carbonyl (C=O) groups excluding carboxylic acids is 2. The SMILES string of the molecule is [C-]#[N+]c1ccc(NC(=O)N2Cc3c(C(N)=O)c(-c4ccc(F)c(Cl)c4)nn3CC2C2CC2)cc1. The molecule has 8 nitrogen and oxygen atoms in total. The highest BCUT2D eigenvalue weighted by Gasteiger charge is 2.42. The molecule has 172 valence electrons. The quantitative estimate of drug-likeness (QED) is 0.526. The minimum atomic E-state index is -0.684. The van der Waals surface area contributed by atoms with E-state index in [2.05, 4.69) is 15.3 Å². The Morgan fingerprint density at radius 3 is 2.56 bits per heavy atom. The molecule has 2 heterocycles. The Balaban J connectivity index is 1.50. The summed E-state index contributed by atoms with van der Waals surface area (Å²) in [6.45, 7) is 7.63. The Morgan fingerprint density at radius 1 is 1.21 bits per heavy atom. The van der Waals surface area contributed by atoms with Crippen molar-refractivity contribution in [3.63, 3.8) is 0 Å². The van der Waals surface area contributed by atoms with Gasteiger partial charge in [-0.25, -0.2) is 14.0 Å². The number of aromatic nitrogens is 2. The number of fused-ring (bicyclic) bond motifs is 1. The molecule has 1 aliphatic heterocycles. The summed E-state index contributed by atoms with van der Waals surface area (Å²) in [7, 11) is 0. The van der Waals surface area contributed by atoms with Crippen LogP contribution in [0.3, 0.4) is 0 Å². The molecule has 10 heteroatoms. The highest BCUT2D eigenvalue weighted by Crippen LogP contribution is 2.40. The van der Waals surface area contributed by atoms with Crippen LogP contribution in [0.5, 0.6) is 0 Å². The third kappa shape index (κ3) is 3.97. The Hall–Kier alpha value is -3.90. The van der Waals surface area contributed by atoms with Gasteiger partial charge in [-0.05, 0) is 49.1 Å². The van der Waals surface area contributed by atoms with Gasteiger partial charge >= 0.3 is 6.03 Å². The van der Waals surface area contributed by atoms with Gasteiger partial charge in [0, 0.05) is 11.3 Å². The first kappa shape index (κ1) is 21.9. The van der Waals surface area contributed by atoms with Gasteiger partial charge in [0.15, 0.2) is 5.69 Å². The van der Waals surface area contributed by atoms with E-state index in [1.165, 1.54) is 18.2 Å². The molecule has 3 aromatic rings. The van der Waals surface area contributed by atoms with Crippen molar-refractivity contribution in [1.29, 1.82) is 0 Å². The van der Waals surface area contributed by atoms with Gasteiger partial charge in [0.25, 0.3) is 5.91 Å². The lowest BCUT2D eigenvalue weighted by molar-refractivity contribution is 0.0993. The number of hydrogen-bond acceptors (Lipinski definition) is 3. The third-order valence-electron chi connectivity index (χ3n) is 6.25. The number of nitrogens with zero attached hydrogens (tertiary/aromatic N) is 4. The summed E-state index contributed by atoms with van der Waals surface area (Å²) >= 11 is 5.95. The van der Waals surface area contributed by atoms with Crippen molar-refractivity contribution in [2.75, 3.05) is 5.32 Å². The molecule has 5 rings (SSSR count). The first-order valence-corrected chi connectivity index (χ1v) is 11.1. The molecule has 1 fully saturated rings. The van der Waals surface area contributed by atoms with E-state index in [9.17, 15) is 14.0 Å². The maximum atomic E-state index is 13.7. The van der Waals surface area contributed by atoms with Crippen LogP contribution in [0.25, 0.3) is 16.1 Å². The van der Waals surface area contributed by atoms with Gasteiger partial charge in [-0.15, -0.1) is 0 Å². The lowest BCUT2D eigenvalue weighted by atomic mass is 10.0. The zero-order valence-electron chi connectivity index (χ0n) is 18.0. The lowest BCUT2D eigenvalue weighted by Gasteiger charge is -2.36. The number of benzene rings is 2. The first-order valence-electron chi connectivity index (χ1n) is 10.8. The molecular formula is C24H20ClFN6O2. The van der Waals surface area contributed by atoms with Gasteiger partial charge in [-0.3, -0.25) is 9.48 Å². The van der Waals surface area contributed by atoms with E-state index in [1.54, 1.807) is 33.8 Å². The molecular weight excluding hydrogens is 459 g/mol. The van der Waals surface area contributed by atoms with Gasteiger partial charge in [0.2, 0.25) is 0 Å². The van der Waals surface area contributed by atoms with E-state index in [4.69, 9.17) is 23.9 Å². The molecule has 0 bridgehead atoms. The van der Waals surface area contributed by atoms with E-state index < -0.39 is 11.7 Å². The average Bonchev–Trinajstić information content (AvgIpc) is 3.60. The molecule has 0 saturated heterocycles. The van der Waals surface area contributed by atoms with Crippen LogP contribution in [-0.2, 0) is 13.1 Å². The van der Waals surface area contributed by atoms with Gasteiger partial charge in [0.1, 0.15) is 11.5 Å². The predicted molar refractivity (Wildman–Crippen MR) is 125 cm³/mol. The number of hydrogen-bond donors (Lipinski definition) is 2. The Morgan fingerprint density at radius 2 is 1.94 bits per heavy atom. The molecule has 0 radical (unpaired) electrons. The Kier molecular flexibility index (Phi) is 5.46. The number of rotatable bonds is 4. The Bertz CT molecular complexity index is 1340. The van der Waals surface area contributed by atoms with Crippen molar-refractivity contribution >= 4 is 34.9 Å². The fourth-order valence-electron chi connectivity index (χ4n) is 4.39. The third-order valence-corrected chi connectivity index (χ3v) is 6.54. The van der Waals surface area contributed by atoms with Gasteiger partial charge in [-0.1, -0.05) is 23.7 Å². The number of amides is 3. The predicted octanol–water partition coefficient (Wildman–Crippen LogP) is 4.82. The van der Waals surface area contributed by atoms with Gasteiger partial charge in [-0.2, -0.15) is 5.10 Å². The van der Waals surface area contributed by atoms with Crippen molar-refractivity contribution < 1.29 is 14.0 Å². The minimum Gasteiger partial charge on any atom is -0.365 e. The molecule has 2 aliphatic rings. The molecule has 34 heavy (non-hydrogen) atoms. The van der Waals surface area contributed by atoms with Gasteiger partial charge in [0.05, 0.1) is 42.0 Å². The second-order valence-corrected chi connectivity index (χ2v) is 8.87. The normalized spacial score (nSPS) is 17.1. The smallest absolute Gasteiger partial charge is 0.322 e. The fraction of sp³-hybridized carbons (Fsp3) is 0.250. The molecule has 3 amide bonds. The molecule has 1 unspecified atom stereocenters. The summed E-state index contributed by atoms with van der Waals surface area (Å²) in [5.74, 6) is -0.916. The zero-order chi connectivity index (χ0) is 24.0. The van der Waals surface area contributed by atoms with E-state index in [1.807, 2.05) is 0 Å². The summed E-state index contributed by atoms with van der Waals surface area (Å²) in [5.41, 5.74) is 8.28. The van der Waals surface area contributed by atoms with Crippen molar-refractivity contribution in [3.8, 4) is 11.3 Å². The van der Waals surface area contributed by atoms with E-state index in [-0.39, 0.29) is 29.2 Å². The monoisotopic (exact) mass is 478 g/mol.